The van der Waals surface area contributed by atoms with Crippen LogP contribution in [0.3, 0.4) is 0 Å². The summed E-state index contributed by atoms with van der Waals surface area (Å²) in [5.74, 6) is 5.41. The topological polar surface area (TPSA) is 0 Å². The Hall–Kier alpha value is 0. The second-order valence-electron chi connectivity index (χ2n) is 5.22. The predicted molar refractivity (Wildman–Crippen MR) is 52.9 cm³/mol. The van der Waals surface area contributed by atoms with Crippen LogP contribution in [0.5, 0.6) is 0 Å². The third-order valence-corrected chi connectivity index (χ3v) is 4.50. The van der Waals surface area contributed by atoms with E-state index in [4.69, 9.17) is 0 Å². The first-order valence-electron chi connectivity index (χ1n) is 5.74. The zero-order chi connectivity index (χ0) is 8.72. The molecule has 0 aliphatic heterocycles. The average molecular weight is 166 g/mol. The van der Waals surface area contributed by atoms with Crippen molar-refractivity contribution in [1.29, 1.82) is 0 Å². The van der Waals surface area contributed by atoms with Gasteiger partial charge in [0.15, 0.2) is 0 Å². The van der Waals surface area contributed by atoms with E-state index in [1.165, 1.54) is 12.8 Å². The highest BCUT2D eigenvalue weighted by atomic mass is 14.5. The smallest absolute Gasteiger partial charge is 0.0352 e. The van der Waals surface area contributed by atoms with Crippen LogP contribution in [0.15, 0.2) is 0 Å². The van der Waals surface area contributed by atoms with Crippen molar-refractivity contribution in [3.63, 3.8) is 0 Å². The summed E-state index contributed by atoms with van der Waals surface area (Å²) in [5, 5.41) is 0. The highest BCUT2D eigenvalue weighted by molar-refractivity contribution is 4.98. The summed E-state index contributed by atoms with van der Waals surface area (Å²) in [7, 11) is 0. The predicted octanol–water partition coefficient (Wildman–Crippen LogP) is 3.71. The maximum Gasteiger partial charge on any atom is -0.0352 e. The van der Waals surface area contributed by atoms with Gasteiger partial charge in [0, 0.05) is 0 Å². The molecule has 2 fully saturated rings. The van der Waals surface area contributed by atoms with E-state index in [0.29, 0.717) is 0 Å². The quantitative estimate of drug-likeness (QED) is 0.586. The van der Waals surface area contributed by atoms with E-state index in [1.807, 2.05) is 0 Å². The van der Waals surface area contributed by atoms with Gasteiger partial charge in [-0.3, -0.25) is 0 Å². The largest absolute Gasteiger partial charge is 0.0651 e. The Bertz CT molecular complexity index is 159. The van der Waals surface area contributed by atoms with Crippen molar-refractivity contribution in [1.82, 2.24) is 0 Å². The second-order valence-corrected chi connectivity index (χ2v) is 5.22. The monoisotopic (exact) mass is 166 g/mol. The normalized spacial score (nSPS) is 46.0. The molecule has 70 valence electrons. The Labute approximate surface area is 76.7 Å². The summed E-state index contributed by atoms with van der Waals surface area (Å²) < 4.78 is 0. The van der Waals surface area contributed by atoms with E-state index in [0.717, 1.165) is 29.6 Å². The first-order chi connectivity index (χ1) is 5.74. The van der Waals surface area contributed by atoms with E-state index in [1.54, 1.807) is 12.8 Å². The number of fused-ring (bicyclic) bond motifs is 1. The zero-order valence-corrected chi connectivity index (χ0v) is 8.72. The van der Waals surface area contributed by atoms with Gasteiger partial charge in [-0.1, -0.05) is 27.2 Å². The minimum absolute atomic E-state index is 0.946. The van der Waals surface area contributed by atoms with Gasteiger partial charge < -0.3 is 0 Å². The lowest BCUT2D eigenvalue weighted by Crippen LogP contribution is -2.38. The third kappa shape index (κ3) is 1.11. The molecule has 0 aromatic heterocycles. The fourth-order valence-corrected chi connectivity index (χ4v) is 3.65. The minimum Gasteiger partial charge on any atom is -0.0651 e. The highest BCUT2D eigenvalue weighted by Gasteiger charge is 2.48. The molecule has 0 radical (unpaired) electrons. The molecule has 0 aromatic carbocycles. The molecule has 0 spiro atoms. The van der Waals surface area contributed by atoms with Crippen LogP contribution >= 0.6 is 0 Å². The van der Waals surface area contributed by atoms with Crippen molar-refractivity contribution in [3.8, 4) is 0 Å². The molecule has 4 unspecified atom stereocenters. The van der Waals surface area contributed by atoms with Crippen molar-refractivity contribution in [2.75, 3.05) is 0 Å². The maximum atomic E-state index is 2.40. The highest BCUT2D eigenvalue weighted by Crippen LogP contribution is 2.57. The summed E-state index contributed by atoms with van der Waals surface area (Å²) >= 11 is 0. The van der Waals surface area contributed by atoms with Gasteiger partial charge in [0.05, 0.1) is 0 Å². The summed E-state index contributed by atoms with van der Waals surface area (Å²) in [4.78, 5) is 0. The van der Waals surface area contributed by atoms with Crippen LogP contribution in [0.1, 0.15) is 46.5 Å². The lowest BCUT2D eigenvalue weighted by atomic mass is 9.60. The van der Waals surface area contributed by atoms with Crippen molar-refractivity contribution in [3.05, 3.63) is 0 Å². The number of hydrogen-bond acceptors (Lipinski definition) is 0. The minimum atomic E-state index is 0.946. The summed E-state index contributed by atoms with van der Waals surface area (Å²) in [5.41, 5.74) is 0. The Morgan fingerprint density at radius 1 is 1.17 bits per heavy atom. The molecular formula is C12H22. The van der Waals surface area contributed by atoms with Gasteiger partial charge in [-0.05, 0) is 48.9 Å². The first-order valence-corrected chi connectivity index (χ1v) is 5.74. The van der Waals surface area contributed by atoms with Crippen molar-refractivity contribution >= 4 is 0 Å². The van der Waals surface area contributed by atoms with E-state index >= 15 is 0 Å². The lowest BCUT2D eigenvalue weighted by Gasteiger charge is -2.45. The summed E-state index contributed by atoms with van der Waals surface area (Å²) in [6.45, 7) is 7.18. The SMILES string of the molecule is CCC1CCC2C(C(C)C)CC12. The zero-order valence-electron chi connectivity index (χ0n) is 8.72. The molecule has 2 saturated carbocycles. The van der Waals surface area contributed by atoms with Crippen molar-refractivity contribution in [2.24, 2.45) is 29.6 Å². The molecule has 0 bridgehead atoms. The van der Waals surface area contributed by atoms with Crippen LogP contribution in [-0.2, 0) is 0 Å². The molecule has 2 aliphatic rings. The van der Waals surface area contributed by atoms with Crippen LogP contribution in [0.25, 0.3) is 0 Å². The van der Waals surface area contributed by atoms with E-state index in [-0.39, 0.29) is 0 Å². The molecule has 0 amide bonds. The fourth-order valence-electron chi connectivity index (χ4n) is 3.65. The molecule has 0 aromatic rings. The molecule has 0 N–H and O–H groups in total. The van der Waals surface area contributed by atoms with Crippen LogP contribution in [-0.4, -0.2) is 0 Å². The van der Waals surface area contributed by atoms with Crippen molar-refractivity contribution < 1.29 is 0 Å². The molecule has 0 heterocycles. The van der Waals surface area contributed by atoms with E-state index in [2.05, 4.69) is 20.8 Å². The molecule has 0 heteroatoms. The van der Waals surface area contributed by atoms with E-state index < -0.39 is 0 Å². The molecule has 12 heavy (non-hydrogen) atoms. The Morgan fingerprint density at radius 3 is 2.50 bits per heavy atom. The molecule has 0 nitrogen and oxygen atoms in total. The third-order valence-electron chi connectivity index (χ3n) is 4.50. The van der Waals surface area contributed by atoms with Gasteiger partial charge in [0.25, 0.3) is 0 Å². The first kappa shape index (κ1) is 8.59. The van der Waals surface area contributed by atoms with Crippen LogP contribution in [0.2, 0.25) is 0 Å². The Balaban J connectivity index is 1.93. The molecule has 2 aliphatic carbocycles. The van der Waals surface area contributed by atoms with Gasteiger partial charge >= 0.3 is 0 Å². The van der Waals surface area contributed by atoms with Crippen LogP contribution < -0.4 is 0 Å². The van der Waals surface area contributed by atoms with Gasteiger partial charge in [0.2, 0.25) is 0 Å². The van der Waals surface area contributed by atoms with Crippen LogP contribution in [0.4, 0.5) is 0 Å². The van der Waals surface area contributed by atoms with Crippen molar-refractivity contribution in [2.45, 2.75) is 46.5 Å². The summed E-state index contributed by atoms with van der Waals surface area (Å²) in [6.07, 6.45) is 6.08. The second kappa shape index (κ2) is 3.05. The molecule has 0 saturated heterocycles. The van der Waals surface area contributed by atoms with E-state index in [9.17, 15) is 0 Å². The molecular weight excluding hydrogens is 144 g/mol. The Kier molecular flexibility index (Phi) is 2.18. The molecule has 4 atom stereocenters. The lowest BCUT2D eigenvalue weighted by molar-refractivity contribution is 0.0375. The van der Waals surface area contributed by atoms with Crippen LogP contribution in [0, 0.1) is 29.6 Å². The summed E-state index contributed by atoms with van der Waals surface area (Å²) in [6, 6.07) is 0. The van der Waals surface area contributed by atoms with Gasteiger partial charge in [0.1, 0.15) is 0 Å². The average Bonchev–Trinajstić information content (AvgIpc) is 2.26. The van der Waals surface area contributed by atoms with Gasteiger partial charge in [-0.15, -0.1) is 0 Å². The molecule has 2 rings (SSSR count). The Morgan fingerprint density at radius 2 is 1.92 bits per heavy atom. The van der Waals surface area contributed by atoms with Gasteiger partial charge in [-0.2, -0.15) is 0 Å². The fraction of sp³-hybridized carbons (Fsp3) is 1.00. The standard InChI is InChI=1S/C12H22/c1-4-9-5-6-10-11(8(2)3)7-12(9)10/h8-12H,4-7H2,1-3H3. The maximum absolute atomic E-state index is 2.40. The number of rotatable bonds is 2. The number of hydrogen-bond donors (Lipinski definition) is 0. The van der Waals surface area contributed by atoms with Gasteiger partial charge in [-0.25, -0.2) is 0 Å².